The number of pyridine rings is 1. The molecule has 0 aromatic carbocycles. The molecule has 0 amide bonds. The first kappa shape index (κ1) is 13.6. The van der Waals surface area contributed by atoms with Crippen molar-refractivity contribution >= 4 is 5.82 Å². The molecule has 1 aliphatic carbocycles. The first-order chi connectivity index (χ1) is 10.9. The van der Waals surface area contributed by atoms with Gasteiger partial charge in [-0.2, -0.15) is 0 Å². The summed E-state index contributed by atoms with van der Waals surface area (Å²) in [5, 5.41) is 0. The van der Waals surface area contributed by atoms with Gasteiger partial charge in [0.05, 0.1) is 5.69 Å². The fourth-order valence-electron chi connectivity index (χ4n) is 3.45. The monoisotopic (exact) mass is 295 g/mol. The van der Waals surface area contributed by atoms with Crippen molar-refractivity contribution in [2.75, 3.05) is 31.1 Å². The topological polar surface area (TPSA) is 45.2 Å². The molecule has 1 fully saturated rings. The van der Waals surface area contributed by atoms with Gasteiger partial charge in [-0.3, -0.25) is 9.88 Å². The molecule has 0 atom stereocenters. The molecule has 0 N–H and O–H groups in total. The number of aryl methyl sites for hydroxylation is 1. The molecule has 1 saturated heterocycles. The van der Waals surface area contributed by atoms with Crippen molar-refractivity contribution in [2.45, 2.75) is 25.8 Å². The third-order valence-corrected chi connectivity index (χ3v) is 4.64. The van der Waals surface area contributed by atoms with Gasteiger partial charge < -0.3 is 4.90 Å². The Morgan fingerprint density at radius 1 is 0.955 bits per heavy atom. The van der Waals surface area contributed by atoms with E-state index in [1.54, 1.807) is 6.33 Å². The average molecular weight is 295 g/mol. The summed E-state index contributed by atoms with van der Waals surface area (Å²) in [5.41, 5.74) is 3.81. The summed E-state index contributed by atoms with van der Waals surface area (Å²) < 4.78 is 0. The molecule has 2 aromatic rings. The summed E-state index contributed by atoms with van der Waals surface area (Å²) in [7, 11) is 0. The molecule has 22 heavy (non-hydrogen) atoms. The molecular weight excluding hydrogens is 274 g/mol. The van der Waals surface area contributed by atoms with E-state index >= 15 is 0 Å². The quantitative estimate of drug-likeness (QED) is 0.862. The molecular formula is C17H21N5. The summed E-state index contributed by atoms with van der Waals surface area (Å²) in [6.45, 7) is 5.15. The molecule has 0 saturated carbocycles. The maximum Gasteiger partial charge on any atom is 0.135 e. The third kappa shape index (κ3) is 2.68. The van der Waals surface area contributed by atoms with Crippen molar-refractivity contribution in [1.82, 2.24) is 19.9 Å². The Morgan fingerprint density at radius 2 is 1.86 bits per heavy atom. The van der Waals surface area contributed by atoms with Crippen LogP contribution in [0.15, 0.2) is 30.7 Å². The van der Waals surface area contributed by atoms with Gasteiger partial charge in [-0.15, -0.1) is 0 Å². The highest BCUT2D eigenvalue weighted by Crippen LogP contribution is 2.28. The van der Waals surface area contributed by atoms with Crippen LogP contribution >= 0.6 is 0 Å². The van der Waals surface area contributed by atoms with Gasteiger partial charge in [0.25, 0.3) is 0 Å². The molecule has 0 unspecified atom stereocenters. The SMILES string of the molecule is c1ccc(CN2CCN(c3ncnc4c3CCC4)CC2)nc1. The first-order valence-electron chi connectivity index (χ1n) is 8.10. The van der Waals surface area contributed by atoms with E-state index in [2.05, 4.69) is 36.9 Å². The Balaban J connectivity index is 1.41. The number of nitrogens with zero attached hydrogens (tertiary/aromatic N) is 5. The van der Waals surface area contributed by atoms with Crippen LogP contribution in [0, 0.1) is 0 Å². The Labute approximate surface area is 131 Å². The second-order valence-electron chi connectivity index (χ2n) is 6.06. The van der Waals surface area contributed by atoms with Gasteiger partial charge >= 0.3 is 0 Å². The zero-order valence-corrected chi connectivity index (χ0v) is 12.8. The minimum Gasteiger partial charge on any atom is -0.354 e. The molecule has 2 aliphatic rings. The van der Waals surface area contributed by atoms with Crippen LogP contribution < -0.4 is 4.90 Å². The third-order valence-electron chi connectivity index (χ3n) is 4.64. The minimum absolute atomic E-state index is 0.941. The van der Waals surface area contributed by atoms with E-state index in [1.165, 1.54) is 23.5 Å². The summed E-state index contributed by atoms with van der Waals surface area (Å²) in [4.78, 5) is 18.3. The van der Waals surface area contributed by atoms with Crippen LogP contribution in [0.4, 0.5) is 5.82 Å². The molecule has 0 radical (unpaired) electrons. The molecule has 0 bridgehead atoms. The highest BCUT2D eigenvalue weighted by molar-refractivity contribution is 5.50. The lowest BCUT2D eigenvalue weighted by Gasteiger charge is -2.35. The Hall–Kier alpha value is -2.01. The standard InChI is InChI=1S/C17H21N5/c1-2-7-18-14(4-1)12-21-8-10-22(11-9-21)17-15-5-3-6-16(15)19-13-20-17/h1-2,4,7,13H,3,5-6,8-12H2. The predicted octanol–water partition coefficient (Wildman–Crippen LogP) is 1.68. The van der Waals surface area contributed by atoms with Crippen molar-refractivity contribution in [3.8, 4) is 0 Å². The Kier molecular flexibility index (Phi) is 3.72. The number of anilines is 1. The number of hydrogen-bond donors (Lipinski definition) is 0. The van der Waals surface area contributed by atoms with E-state index in [-0.39, 0.29) is 0 Å². The van der Waals surface area contributed by atoms with Crippen molar-refractivity contribution < 1.29 is 0 Å². The van der Waals surface area contributed by atoms with Crippen molar-refractivity contribution in [3.05, 3.63) is 47.7 Å². The lowest BCUT2D eigenvalue weighted by Crippen LogP contribution is -2.46. The van der Waals surface area contributed by atoms with Crippen LogP contribution in [0.2, 0.25) is 0 Å². The molecule has 5 heteroatoms. The average Bonchev–Trinajstić information content (AvgIpc) is 3.05. The summed E-state index contributed by atoms with van der Waals surface area (Å²) in [6, 6.07) is 6.13. The molecule has 0 spiro atoms. The maximum atomic E-state index is 4.57. The summed E-state index contributed by atoms with van der Waals surface area (Å²) in [5.74, 6) is 1.18. The van der Waals surface area contributed by atoms with Crippen molar-refractivity contribution in [1.29, 1.82) is 0 Å². The van der Waals surface area contributed by atoms with Crippen LogP contribution in [0.25, 0.3) is 0 Å². The highest BCUT2D eigenvalue weighted by atomic mass is 15.3. The van der Waals surface area contributed by atoms with Crippen molar-refractivity contribution in [3.63, 3.8) is 0 Å². The van der Waals surface area contributed by atoms with Crippen LogP contribution in [0.3, 0.4) is 0 Å². The van der Waals surface area contributed by atoms with Crippen LogP contribution in [-0.4, -0.2) is 46.0 Å². The molecule has 1 aliphatic heterocycles. The molecule has 2 aromatic heterocycles. The van der Waals surface area contributed by atoms with Gasteiger partial charge in [-0.05, 0) is 31.4 Å². The zero-order valence-electron chi connectivity index (χ0n) is 12.8. The van der Waals surface area contributed by atoms with Gasteiger partial charge in [-0.25, -0.2) is 9.97 Å². The van der Waals surface area contributed by atoms with E-state index in [9.17, 15) is 0 Å². The van der Waals surface area contributed by atoms with E-state index in [0.29, 0.717) is 0 Å². The largest absolute Gasteiger partial charge is 0.354 e. The lowest BCUT2D eigenvalue weighted by molar-refractivity contribution is 0.246. The van der Waals surface area contributed by atoms with E-state index in [1.807, 2.05) is 12.3 Å². The zero-order chi connectivity index (χ0) is 14.8. The van der Waals surface area contributed by atoms with Gasteiger partial charge in [-0.1, -0.05) is 6.07 Å². The smallest absolute Gasteiger partial charge is 0.135 e. The Bertz CT molecular complexity index is 635. The van der Waals surface area contributed by atoms with Crippen LogP contribution in [0.1, 0.15) is 23.4 Å². The van der Waals surface area contributed by atoms with Gasteiger partial charge in [0.1, 0.15) is 12.1 Å². The first-order valence-corrected chi connectivity index (χ1v) is 8.10. The lowest BCUT2D eigenvalue weighted by atomic mass is 10.2. The van der Waals surface area contributed by atoms with E-state index in [0.717, 1.165) is 51.3 Å². The predicted molar refractivity (Wildman–Crippen MR) is 85.8 cm³/mol. The second-order valence-corrected chi connectivity index (χ2v) is 6.06. The van der Waals surface area contributed by atoms with Crippen LogP contribution in [0.5, 0.6) is 0 Å². The molecule has 5 nitrogen and oxygen atoms in total. The molecule has 4 rings (SSSR count). The number of rotatable bonds is 3. The summed E-state index contributed by atoms with van der Waals surface area (Å²) in [6.07, 6.45) is 7.08. The van der Waals surface area contributed by atoms with Gasteiger partial charge in [0.15, 0.2) is 0 Å². The number of piperazine rings is 1. The number of fused-ring (bicyclic) bond motifs is 1. The fourth-order valence-corrected chi connectivity index (χ4v) is 3.45. The van der Waals surface area contributed by atoms with E-state index in [4.69, 9.17) is 0 Å². The van der Waals surface area contributed by atoms with Crippen molar-refractivity contribution in [2.24, 2.45) is 0 Å². The summed E-state index contributed by atoms with van der Waals surface area (Å²) >= 11 is 0. The minimum atomic E-state index is 0.941. The highest BCUT2D eigenvalue weighted by Gasteiger charge is 2.24. The molecule has 114 valence electrons. The number of aromatic nitrogens is 3. The maximum absolute atomic E-state index is 4.57. The van der Waals surface area contributed by atoms with Crippen LogP contribution in [-0.2, 0) is 19.4 Å². The van der Waals surface area contributed by atoms with Gasteiger partial charge in [0.2, 0.25) is 0 Å². The normalized spacial score (nSPS) is 18.5. The number of hydrogen-bond acceptors (Lipinski definition) is 5. The molecule has 3 heterocycles. The van der Waals surface area contributed by atoms with Gasteiger partial charge in [0, 0.05) is 50.2 Å². The van der Waals surface area contributed by atoms with E-state index < -0.39 is 0 Å². The second kappa shape index (κ2) is 6.01. The fraction of sp³-hybridized carbons (Fsp3) is 0.471. The Morgan fingerprint density at radius 3 is 2.68 bits per heavy atom.